The number of carbonyl (C=O) groups excluding carboxylic acids is 1. The number of hydrogen-bond acceptors (Lipinski definition) is 4. The maximum atomic E-state index is 12.8. The van der Waals surface area contributed by atoms with E-state index in [1.54, 1.807) is 6.20 Å². The predicted molar refractivity (Wildman–Crippen MR) is 110 cm³/mol. The number of carbonyl (C=O) groups is 1. The van der Waals surface area contributed by atoms with E-state index in [2.05, 4.69) is 4.98 Å². The zero-order chi connectivity index (χ0) is 20.3. The maximum Gasteiger partial charge on any atom is 0.243 e. The molecule has 1 aliphatic rings. The van der Waals surface area contributed by atoms with Gasteiger partial charge in [0.1, 0.15) is 5.78 Å². The van der Waals surface area contributed by atoms with Gasteiger partial charge in [0, 0.05) is 47.4 Å². The van der Waals surface area contributed by atoms with Gasteiger partial charge in [0.2, 0.25) is 10.0 Å². The van der Waals surface area contributed by atoms with Crippen molar-refractivity contribution in [2.24, 2.45) is 5.92 Å². The Kier molecular flexibility index (Phi) is 6.76. The van der Waals surface area contributed by atoms with Gasteiger partial charge in [-0.3, -0.25) is 9.78 Å². The average molecular weight is 441 g/mol. The summed E-state index contributed by atoms with van der Waals surface area (Å²) in [6.07, 6.45) is 3.88. The number of halogens is 2. The SMILES string of the molecule is Cc1ccc(CCC(=O)C2CCN(S(=O)(=O)c3cc(Cl)cc(Cl)c3)CC2)nc1. The molecule has 5 nitrogen and oxygen atoms in total. The van der Waals surface area contributed by atoms with E-state index in [4.69, 9.17) is 23.2 Å². The van der Waals surface area contributed by atoms with E-state index in [9.17, 15) is 13.2 Å². The van der Waals surface area contributed by atoms with Crippen LogP contribution in [0.2, 0.25) is 10.0 Å². The highest BCUT2D eigenvalue weighted by atomic mass is 35.5. The molecule has 8 heteroatoms. The third-order valence-electron chi connectivity index (χ3n) is 4.98. The van der Waals surface area contributed by atoms with Crippen LogP contribution in [-0.2, 0) is 21.2 Å². The molecular formula is C20H22Cl2N2O3S. The molecule has 28 heavy (non-hydrogen) atoms. The summed E-state index contributed by atoms with van der Waals surface area (Å²) in [5.74, 6) is 0.0603. The molecule has 1 aromatic heterocycles. The summed E-state index contributed by atoms with van der Waals surface area (Å²) in [6, 6.07) is 8.21. The Morgan fingerprint density at radius 2 is 1.79 bits per heavy atom. The Hall–Kier alpha value is -1.47. The quantitative estimate of drug-likeness (QED) is 0.671. The lowest BCUT2D eigenvalue weighted by Gasteiger charge is -2.30. The van der Waals surface area contributed by atoms with E-state index in [1.165, 1.54) is 22.5 Å². The number of benzene rings is 1. The van der Waals surface area contributed by atoms with Gasteiger partial charge in [0.15, 0.2) is 0 Å². The summed E-state index contributed by atoms with van der Waals surface area (Å²) in [7, 11) is -3.67. The van der Waals surface area contributed by atoms with Crippen molar-refractivity contribution in [1.29, 1.82) is 0 Å². The number of piperidine rings is 1. The summed E-state index contributed by atoms with van der Waals surface area (Å²) in [5.41, 5.74) is 1.99. The minimum atomic E-state index is -3.67. The summed E-state index contributed by atoms with van der Waals surface area (Å²) in [4.78, 5) is 16.9. The number of sulfonamides is 1. The Bertz CT molecular complexity index is 934. The molecule has 3 rings (SSSR count). The predicted octanol–water partition coefficient (Wildman–Crippen LogP) is 4.30. The lowest BCUT2D eigenvalue weighted by Crippen LogP contribution is -2.40. The van der Waals surface area contributed by atoms with Gasteiger partial charge in [-0.2, -0.15) is 4.31 Å². The first kappa shape index (κ1) is 21.2. The first-order chi connectivity index (χ1) is 13.3. The van der Waals surface area contributed by atoms with Crippen LogP contribution in [0.25, 0.3) is 0 Å². The highest BCUT2D eigenvalue weighted by molar-refractivity contribution is 7.89. The highest BCUT2D eigenvalue weighted by Crippen LogP contribution is 2.28. The monoisotopic (exact) mass is 440 g/mol. The number of hydrogen-bond donors (Lipinski definition) is 0. The molecule has 1 saturated heterocycles. The molecule has 150 valence electrons. The van der Waals surface area contributed by atoms with Crippen molar-refractivity contribution >= 4 is 39.0 Å². The number of aryl methyl sites for hydroxylation is 2. The second-order valence-electron chi connectivity index (χ2n) is 7.08. The van der Waals surface area contributed by atoms with Gasteiger partial charge in [-0.1, -0.05) is 29.3 Å². The molecule has 0 spiro atoms. The number of aromatic nitrogens is 1. The number of pyridine rings is 1. The molecule has 1 aliphatic heterocycles. The zero-order valence-electron chi connectivity index (χ0n) is 15.6. The van der Waals surface area contributed by atoms with Crippen LogP contribution in [0.15, 0.2) is 41.4 Å². The van der Waals surface area contributed by atoms with Crippen LogP contribution >= 0.6 is 23.2 Å². The van der Waals surface area contributed by atoms with E-state index in [0.29, 0.717) is 38.8 Å². The van der Waals surface area contributed by atoms with Crippen LogP contribution in [0, 0.1) is 12.8 Å². The molecule has 0 N–H and O–H groups in total. The van der Waals surface area contributed by atoms with Crippen molar-refractivity contribution in [2.75, 3.05) is 13.1 Å². The summed E-state index contributed by atoms with van der Waals surface area (Å²) < 4.78 is 27.0. The van der Waals surface area contributed by atoms with E-state index in [-0.39, 0.29) is 26.6 Å². The Balaban J connectivity index is 1.57. The molecule has 0 bridgehead atoms. The topological polar surface area (TPSA) is 67.3 Å². The molecular weight excluding hydrogens is 419 g/mol. The van der Waals surface area contributed by atoms with E-state index >= 15 is 0 Å². The van der Waals surface area contributed by atoms with Crippen LogP contribution in [0.3, 0.4) is 0 Å². The average Bonchev–Trinajstić information content (AvgIpc) is 2.66. The lowest BCUT2D eigenvalue weighted by atomic mass is 9.91. The number of nitrogens with zero attached hydrogens (tertiary/aromatic N) is 2. The third kappa shape index (κ3) is 5.11. The van der Waals surface area contributed by atoms with Gasteiger partial charge in [-0.15, -0.1) is 0 Å². The molecule has 0 saturated carbocycles. The zero-order valence-corrected chi connectivity index (χ0v) is 17.9. The van der Waals surface area contributed by atoms with Crippen LogP contribution in [0.4, 0.5) is 0 Å². The van der Waals surface area contributed by atoms with E-state index in [1.807, 2.05) is 19.1 Å². The van der Waals surface area contributed by atoms with Gasteiger partial charge in [-0.25, -0.2) is 8.42 Å². The largest absolute Gasteiger partial charge is 0.299 e. The summed E-state index contributed by atoms with van der Waals surface area (Å²) >= 11 is 11.9. The van der Waals surface area contributed by atoms with Crippen LogP contribution in [-0.4, -0.2) is 36.6 Å². The highest BCUT2D eigenvalue weighted by Gasteiger charge is 2.32. The fourth-order valence-electron chi connectivity index (χ4n) is 3.35. The standard InChI is InChI=1S/C20H22Cl2N2O3S/c1-14-2-3-18(23-13-14)4-5-20(25)15-6-8-24(9-7-15)28(26,27)19-11-16(21)10-17(22)12-19/h2-3,10-13,15H,4-9H2,1H3. The maximum absolute atomic E-state index is 12.8. The van der Waals surface area contributed by atoms with Crippen LogP contribution in [0.1, 0.15) is 30.5 Å². The minimum Gasteiger partial charge on any atom is -0.299 e. The first-order valence-corrected chi connectivity index (χ1v) is 11.4. The fourth-order valence-corrected chi connectivity index (χ4v) is 5.54. The number of rotatable bonds is 6. The second-order valence-corrected chi connectivity index (χ2v) is 9.89. The van der Waals surface area contributed by atoms with Gasteiger partial charge < -0.3 is 0 Å². The molecule has 1 fully saturated rings. The number of Topliss-reactive ketones (excluding diaryl/α,β-unsaturated/α-hetero) is 1. The fraction of sp³-hybridized carbons (Fsp3) is 0.400. The van der Waals surface area contributed by atoms with Crippen molar-refractivity contribution in [3.63, 3.8) is 0 Å². The van der Waals surface area contributed by atoms with Crippen LogP contribution in [0.5, 0.6) is 0 Å². The van der Waals surface area contributed by atoms with Crippen molar-refractivity contribution in [3.8, 4) is 0 Å². The van der Waals surface area contributed by atoms with Gasteiger partial charge in [0.25, 0.3) is 0 Å². The first-order valence-electron chi connectivity index (χ1n) is 9.16. The molecule has 0 aliphatic carbocycles. The van der Waals surface area contributed by atoms with Crippen molar-refractivity contribution in [3.05, 3.63) is 57.8 Å². The smallest absolute Gasteiger partial charge is 0.243 e. The molecule has 0 unspecified atom stereocenters. The Morgan fingerprint density at radius 1 is 1.14 bits per heavy atom. The Labute approximate surface area is 175 Å². The van der Waals surface area contributed by atoms with Crippen molar-refractivity contribution in [2.45, 2.75) is 37.5 Å². The third-order valence-corrected chi connectivity index (χ3v) is 7.30. The van der Waals surface area contributed by atoms with E-state index in [0.717, 1.165) is 11.3 Å². The summed E-state index contributed by atoms with van der Waals surface area (Å²) in [5, 5.41) is 0.557. The minimum absolute atomic E-state index is 0.0835. The summed E-state index contributed by atoms with van der Waals surface area (Å²) in [6.45, 7) is 2.60. The molecule has 1 aromatic carbocycles. The van der Waals surface area contributed by atoms with E-state index < -0.39 is 10.0 Å². The molecule has 0 amide bonds. The van der Waals surface area contributed by atoms with Crippen molar-refractivity contribution in [1.82, 2.24) is 9.29 Å². The van der Waals surface area contributed by atoms with Crippen LogP contribution < -0.4 is 0 Å². The van der Waals surface area contributed by atoms with Gasteiger partial charge in [-0.05, 0) is 56.0 Å². The molecule has 0 atom stereocenters. The van der Waals surface area contributed by atoms with Crippen molar-refractivity contribution < 1.29 is 13.2 Å². The molecule has 0 radical (unpaired) electrons. The molecule has 2 aromatic rings. The molecule has 2 heterocycles. The second kappa shape index (κ2) is 8.91. The number of ketones is 1. The normalized spacial score (nSPS) is 16.2. The lowest BCUT2D eigenvalue weighted by molar-refractivity contribution is -0.123. The Morgan fingerprint density at radius 3 is 2.36 bits per heavy atom. The van der Waals surface area contributed by atoms with Gasteiger partial charge in [0.05, 0.1) is 4.90 Å². The van der Waals surface area contributed by atoms with Gasteiger partial charge >= 0.3 is 0 Å².